The molecule has 1 heterocycles. The quantitative estimate of drug-likeness (QED) is 0.698. The smallest absolute Gasteiger partial charge is 0.268 e. The van der Waals surface area contributed by atoms with Crippen LogP contribution in [0.2, 0.25) is 10.0 Å². The van der Waals surface area contributed by atoms with Gasteiger partial charge >= 0.3 is 0 Å². The summed E-state index contributed by atoms with van der Waals surface area (Å²) in [5.74, 6) is -0.412. The van der Waals surface area contributed by atoms with E-state index >= 15 is 0 Å². The van der Waals surface area contributed by atoms with Crippen LogP contribution < -0.4 is 10.3 Å². The van der Waals surface area contributed by atoms with Crippen molar-refractivity contribution in [1.82, 2.24) is 5.32 Å². The van der Waals surface area contributed by atoms with Gasteiger partial charge in [-0.2, -0.15) is 5.10 Å². The molecule has 1 aliphatic carbocycles. The normalized spacial score (nSPS) is 26.4. The number of hydrogen-bond acceptors (Lipinski definition) is 4. The van der Waals surface area contributed by atoms with Gasteiger partial charge < -0.3 is 10.4 Å². The van der Waals surface area contributed by atoms with Crippen LogP contribution in [0.3, 0.4) is 0 Å². The molecule has 158 valence electrons. The van der Waals surface area contributed by atoms with Gasteiger partial charge in [0.15, 0.2) is 0 Å². The maximum absolute atomic E-state index is 13.1. The number of aliphatic hydroxyl groups excluding tert-OH is 1. The molecule has 2 aromatic carbocycles. The van der Waals surface area contributed by atoms with Crippen molar-refractivity contribution in [2.24, 2.45) is 11.0 Å². The van der Waals surface area contributed by atoms with Gasteiger partial charge in [-0.15, -0.1) is 0 Å². The van der Waals surface area contributed by atoms with E-state index < -0.39 is 6.10 Å². The predicted molar refractivity (Wildman–Crippen MR) is 121 cm³/mol. The van der Waals surface area contributed by atoms with Crippen LogP contribution in [0.15, 0.2) is 53.6 Å². The van der Waals surface area contributed by atoms with Crippen LogP contribution in [-0.2, 0) is 4.79 Å². The maximum atomic E-state index is 13.1. The van der Waals surface area contributed by atoms with E-state index in [1.165, 1.54) is 0 Å². The van der Waals surface area contributed by atoms with Crippen LogP contribution in [0.4, 0.5) is 5.69 Å². The zero-order valence-electron chi connectivity index (χ0n) is 16.8. The molecule has 0 bridgehead atoms. The largest absolute Gasteiger partial charge is 0.391 e. The molecule has 0 aromatic heterocycles. The maximum Gasteiger partial charge on any atom is 0.268 e. The summed E-state index contributed by atoms with van der Waals surface area (Å²) < 4.78 is 0. The summed E-state index contributed by atoms with van der Waals surface area (Å²) in [5, 5.41) is 21.0. The molecule has 0 spiro atoms. The van der Waals surface area contributed by atoms with Crippen LogP contribution in [0.1, 0.15) is 44.2 Å². The number of benzene rings is 2. The van der Waals surface area contributed by atoms with Crippen molar-refractivity contribution in [3.8, 4) is 0 Å². The van der Waals surface area contributed by atoms with E-state index in [-0.39, 0.29) is 23.9 Å². The zero-order chi connectivity index (χ0) is 21.3. The second-order valence-corrected chi connectivity index (χ2v) is 8.84. The highest BCUT2D eigenvalue weighted by Crippen LogP contribution is 2.41. The molecule has 30 heavy (non-hydrogen) atoms. The van der Waals surface area contributed by atoms with E-state index in [0.717, 1.165) is 30.5 Å². The number of aliphatic hydroxyl groups is 1. The Morgan fingerprint density at radius 3 is 2.50 bits per heavy atom. The van der Waals surface area contributed by atoms with E-state index in [4.69, 9.17) is 28.3 Å². The number of carbonyl (C=O) groups is 1. The van der Waals surface area contributed by atoms with Crippen molar-refractivity contribution < 1.29 is 9.90 Å². The van der Waals surface area contributed by atoms with E-state index in [1.54, 1.807) is 0 Å². The first kappa shape index (κ1) is 21.2. The second-order valence-electron chi connectivity index (χ2n) is 8.00. The van der Waals surface area contributed by atoms with Gasteiger partial charge in [-0.3, -0.25) is 9.80 Å². The van der Waals surface area contributed by atoms with Gasteiger partial charge in [-0.1, -0.05) is 67.2 Å². The van der Waals surface area contributed by atoms with Crippen LogP contribution >= 0.6 is 23.2 Å². The molecule has 5 nitrogen and oxygen atoms in total. The van der Waals surface area contributed by atoms with Gasteiger partial charge in [0.2, 0.25) is 0 Å². The van der Waals surface area contributed by atoms with E-state index in [9.17, 15) is 9.90 Å². The first-order valence-electron chi connectivity index (χ1n) is 10.3. The lowest BCUT2D eigenvalue weighted by Crippen LogP contribution is -2.48. The van der Waals surface area contributed by atoms with Crippen LogP contribution in [-0.4, -0.2) is 28.9 Å². The molecule has 0 radical (unpaired) electrons. The number of halogens is 2. The van der Waals surface area contributed by atoms with Crippen LogP contribution in [0.25, 0.3) is 0 Å². The molecule has 2 unspecified atom stereocenters. The molecule has 2 N–H and O–H groups in total. The van der Waals surface area contributed by atoms with Crippen LogP contribution in [0, 0.1) is 5.92 Å². The Morgan fingerprint density at radius 2 is 1.80 bits per heavy atom. The Kier molecular flexibility index (Phi) is 6.32. The fourth-order valence-corrected chi connectivity index (χ4v) is 4.68. The minimum absolute atomic E-state index is 0.178. The highest BCUT2D eigenvalue weighted by atomic mass is 35.5. The van der Waals surface area contributed by atoms with Gasteiger partial charge in [0.25, 0.3) is 5.91 Å². The number of hydrazone groups is 1. The first-order valence-corrected chi connectivity index (χ1v) is 11.1. The lowest BCUT2D eigenvalue weighted by atomic mass is 9.89. The third-order valence-corrected chi connectivity index (χ3v) is 6.54. The number of hydrogen-bond donors (Lipinski definition) is 2. The van der Waals surface area contributed by atoms with Crippen molar-refractivity contribution in [3.05, 3.63) is 64.1 Å². The van der Waals surface area contributed by atoms with Crippen molar-refractivity contribution in [2.45, 2.75) is 50.8 Å². The molecule has 2 aromatic rings. The third-order valence-electron chi connectivity index (χ3n) is 5.97. The summed E-state index contributed by atoms with van der Waals surface area (Å²) in [6.45, 7) is 1.99. The fourth-order valence-electron chi connectivity index (χ4n) is 4.34. The molecule has 4 rings (SSSR count). The van der Waals surface area contributed by atoms with Gasteiger partial charge in [0.1, 0.15) is 5.71 Å². The molecule has 1 aliphatic heterocycles. The Labute approximate surface area is 186 Å². The van der Waals surface area contributed by atoms with Crippen molar-refractivity contribution >= 4 is 40.5 Å². The Hall–Kier alpha value is -2.08. The van der Waals surface area contributed by atoms with Crippen molar-refractivity contribution in [1.29, 1.82) is 0 Å². The monoisotopic (exact) mass is 445 g/mol. The van der Waals surface area contributed by atoms with Gasteiger partial charge in [-0.05, 0) is 42.7 Å². The number of amides is 1. The molecule has 2 aliphatic rings. The standard InChI is InChI=1S/C23H25Cl2N3O2/c1-14-21(23(30)26-18-7-3-5-9-20(18)29)27-28(19-8-4-2-6-17(19)25)22(14)15-10-12-16(24)13-11-15/h2,4,6,8,10-14,18,20,22,29H,3,5,7,9H2,1H3,(H,26,30)/t14?,18-,20-,22?/m0/s1. The lowest BCUT2D eigenvalue weighted by Gasteiger charge is -2.29. The molecule has 7 heteroatoms. The van der Waals surface area contributed by atoms with E-state index in [2.05, 4.69) is 5.32 Å². The Balaban J connectivity index is 1.67. The topological polar surface area (TPSA) is 64.9 Å². The van der Waals surface area contributed by atoms with Gasteiger partial charge in [0, 0.05) is 10.9 Å². The Bertz CT molecular complexity index is 948. The molecule has 0 saturated heterocycles. The minimum Gasteiger partial charge on any atom is -0.391 e. The molecular weight excluding hydrogens is 421 g/mol. The number of anilines is 1. The van der Waals surface area contributed by atoms with Gasteiger partial charge in [0.05, 0.1) is 28.9 Å². The summed E-state index contributed by atoms with van der Waals surface area (Å²) in [4.78, 5) is 13.1. The summed E-state index contributed by atoms with van der Waals surface area (Å²) in [7, 11) is 0. The van der Waals surface area contributed by atoms with E-state index in [0.29, 0.717) is 22.2 Å². The number of para-hydroxylation sites is 1. The molecule has 1 fully saturated rings. The second kappa shape index (κ2) is 8.96. The van der Waals surface area contributed by atoms with Crippen LogP contribution in [0.5, 0.6) is 0 Å². The average molecular weight is 446 g/mol. The minimum atomic E-state index is -0.508. The number of nitrogens with zero attached hydrogens (tertiary/aromatic N) is 2. The number of nitrogens with one attached hydrogen (secondary N) is 1. The average Bonchev–Trinajstić information content (AvgIpc) is 3.08. The summed E-state index contributed by atoms with van der Waals surface area (Å²) >= 11 is 12.5. The first-order chi connectivity index (χ1) is 14.5. The van der Waals surface area contributed by atoms with Crippen molar-refractivity contribution in [2.75, 3.05) is 5.01 Å². The molecule has 4 atom stereocenters. The fraction of sp³-hybridized carbons (Fsp3) is 0.391. The van der Waals surface area contributed by atoms with E-state index in [1.807, 2.05) is 60.5 Å². The SMILES string of the molecule is CC1C(C(=O)N[C@H]2CCCC[C@@H]2O)=NN(c2ccccc2Cl)C1c1ccc(Cl)cc1. The molecule has 1 saturated carbocycles. The molecule has 1 amide bonds. The number of carbonyl (C=O) groups excluding carboxylic acids is 1. The predicted octanol–water partition coefficient (Wildman–Crippen LogP) is 4.97. The number of rotatable bonds is 4. The third kappa shape index (κ3) is 4.20. The highest BCUT2D eigenvalue weighted by Gasteiger charge is 2.40. The highest BCUT2D eigenvalue weighted by molar-refractivity contribution is 6.41. The summed E-state index contributed by atoms with van der Waals surface area (Å²) in [6.07, 6.45) is 2.98. The summed E-state index contributed by atoms with van der Waals surface area (Å²) in [6, 6.07) is 14.6. The van der Waals surface area contributed by atoms with Gasteiger partial charge in [-0.25, -0.2) is 0 Å². The van der Waals surface area contributed by atoms with Crippen molar-refractivity contribution in [3.63, 3.8) is 0 Å². The molecular formula is C23H25Cl2N3O2. The Morgan fingerprint density at radius 1 is 1.10 bits per heavy atom. The lowest BCUT2D eigenvalue weighted by molar-refractivity contribution is -0.116. The zero-order valence-corrected chi connectivity index (χ0v) is 18.3. The summed E-state index contributed by atoms with van der Waals surface area (Å²) in [5.41, 5.74) is 2.18.